The topological polar surface area (TPSA) is 25.8 Å². The summed E-state index contributed by atoms with van der Waals surface area (Å²) in [7, 11) is 0. The van der Waals surface area contributed by atoms with Crippen LogP contribution in [0.4, 0.5) is 0 Å². The summed E-state index contributed by atoms with van der Waals surface area (Å²) in [6.07, 6.45) is 3.30. The third-order valence-electron chi connectivity index (χ3n) is 3.74. The van der Waals surface area contributed by atoms with E-state index in [0.717, 1.165) is 52.1 Å². The minimum Gasteiger partial charge on any atom is -0.233 e. The van der Waals surface area contributed by atoms with Crippen LogP contribution in [0.25, 0.3) is 22.6 Å². The van der Waals surface area contributed by atoms with Crippen molar-refractivity contribution in [1.29, 1.82) is 0 Å². The summed E-state index contributed by atoms with van der Waals surface area (Å²) in [5.41, 5.74) is 4.28. The Kier molecular flexibility index (Phi) is 5.19. The van der Waals surface area contributed by atoms with E-state index in [1.165, 1.54) is 0 Å². The Labute approximate surface area is 145 Å². The van der Waals surface area contributed by atoms with Gasteiger partial charge in [0.1, 0.15) is 0 Å². The van der Waals surface area contributed by atoms with Crippen LogP contribution in [0.15, 0.2) is 65.1 Å². The van der Waals surface area contributed by atoms with Crippen molar-refractivity contribution < 1.29 is 0 Å². The van der Waals surface area contributed by atoms with Crippen molar-refractivity contribution in [3.63, 3.8) is 0 Å². The Bertz CT molecular complexity index is 767. The van der Waals surface area contributed by atoms with E-state index in [-0.39, 0.29) is 0 Å². The van der Waals surface area contributed by atoms with Crippen LogP contribution >= 0.6 is 15.9 Å². The molecule has 0 aliphatic carbocycles. The van der Waals surface area contributed by atoms with Gasteiger partial charge in [-0.15, -0.1) is 0 Å². The summed E-state index contributed by atoms with van der Waals surface area (Å²) in [4.78, 5) is 9.56. The third-order valence-corrected chi connectivity index (χ3v) is 4.27. The molecule has 2 nitrogen and oxygen atoms in total. The van der Waals surface area contributed by atoms with Crippen LogP contribution < -0.4 is 0 Å². The van der Waals surface area contributed by atoms with Gasteiger partial charge in [0.2, 0.25) is 0 Å². The summed E-state index contributed by atoms with van der Waals surface area (Å²) in [5.74, 6) is 0.796. The minimum absolute atomic E-state index is 0.796. The van der Waals surface area contributed by atoms with Crippen LogP contribution in [0.5, 0.6) is 0 Å². The molecular weight excluding hydrogens is 348 g/mol. The average Bonchev–Trinajstić information content (AvgIpc) is 2.61. The van der Waals surface area contributed by atoms with Crippen molar-refractivity contribution in [3.8, 4) is 22.6 Å². The van der Waals surface area contributed by atoms with Crippen molar-refractivity contribution in [2.24, 2.45) is 0 Å². The van der Waals surface area contributed by atoms with E-state index in [1.54, 1.807) is 0 Å². The summed E-state index contributed by atoms with van der Waals surface area (Å²) < 4.78 is 1.06. The lowest BCUT2D eigenvalue weighted by atomic mass is 10.1. The molecule has 23 heavy (non-hydrogen) atoms. The van der Waals surface area contributed by atoms with Crippen LogP contribution in [0, 0.1) is 0 Å². The Morgan fingerprint density at radius 1 is 0.870 bits per heavy atom. The van der Waals surface area contributed by atoms with E-state index in [0.29, 0.717) is 0 Å². The fourth-order valence-corrected chi connectivity index (χ4v) is 2.73. The second-order valence-electron chi connectivity index (χ2n) is 5.54. The molecule has 116 valence electrons. The first-order chi connectivity index (χ1) is 11.3. The van der Waals surface area contributed by atoms with Crippen molar-refractivity contribution in [2.75, 3.05) is 0 Å². The van der Waals surface area contributed by atoms with Crippen LogP contribution in [-0.2, 0) is 6.42 Å². The second-order valence-corrected chi connectivity index (χ2v) is 6.46. The van der Waals surface area contributed by atoms with Crippen LogP contribution in [0.1, 0.15) is 25.5 Å². The molecule has 0 aliphatic heterocycles. The van der Waals surface area contributed by atoms with Gasteiger partial charge < -0.3 is 0 Å². The average molecular weight is 367 g/mol. The third kappa shape index (κ3) is 4.05. The lowest BCUT2D eigenvalue weighted by Gasteiger charge is -2.09. The zero-order valence-electron chi connectivity index (χ0n) is 13.2. The fraction of sp³-hybridized carbons (Fsp3) is 0.200. The van der Waals surface area contributed by atoms with Gasteiger partial charge in [-0.2, -0.15) is 0 Å². The normalized spacial score (nSPS) is 10.7. The van der Waals surface area contributed by atoms with E-state index in [4.69, 9.17) is 9.97 Å². The SMILES string of the molecule is CCCCc1cc(-c2ccccc2)nc(-c2ccc(Br)cc2)n1. The van der Waals surface area contributed by atoms with E-state index < -0.39 is 0 Å². The van der Waals surface area contributed by atoms with Crippen LogP contribution in [0.2, 0.25) is 0 Å². The molecule has 3 aromatic rings. The molecular formula is C20H19BrN2. The monoisotopic (exact) mass is 366 g/mol. The van der Waals surface area contributed by atoms with Gasteiger partial charge in [0, 0.05) is 21.3 Å². The van der Waals surface area contributed by atoms with E-state index in [2.05, 4.69) is 53.2 Å². The molecule has 3 rings (SSSR count). The maximum absolute atomic E-state index is 4.79. The molecule has 0 N–H and O–H groups in total. The van der Waals surface area contributed by atoms with Crippen molar-refractivity contribution >= 4 is 15.9 Å². The molecule has 1 aromatic heterocycles. The predicted octanol–water partition coefficient (Wildman–Crippen LogP) is 5.92. The first-order valence-corrected chi connectivity index (χ1v) is 8.75. The van der Waals surface area contributed by atoms with Gasteiger partial charge in [-0.25, -0.2) is 9.97 Å². The summed E-state index contributed by atoms with van der Waals surface area (Å²) >= 11 is 3.48. The molecule has 0 unspecified atom stereocenters. The number of aromatic nitrogens is 2. The molecule has 0 radical (unpaired) electrons. The number of nitrogens with zero attached hydrogens (tertiary/aromatic N) is 2. The highest BCUT2D eigenvalue weighted by atomic mass is 79.9. The number of unbranched alkanes of at least 4 members (excludes halogenated alkanes) is 1. The summed E-state index contributed by atoms with van der Waals surface area (Å²) in [6.45, 7) is 2.20. The van der Waals surface area contributed by atoms with E-state index in [9.17, 15) is 0 Å². The molecule has 0 bridgehead atoms. The predicted molar refractivity (Wildman–Crippen MR) is 99.2 cm³/mol. The first kappa shape index (κ1) is 15.9. The largest absolute Gasteiger partial charge is 0.233 e. The van der Waals surface area contributed by atoms with Crippen molar-refractivity contribution in [1.82, 2.24) is 9.97 Å². The van der Waals surface area contributed by atoms with Gasteiger partial charge in [0.05, 0.1) is 5.69 Å². The highest BCUT2D eigenvalue weighted by molar-refractivity contribution is 9.10. The Morgan fingerprint density at radius 2 is 1.61 bits per heavy atom. The molecule has 3 heteroatoms. The standard InChI is InChI=1S/C20H19BrN2/c1-2-3-9-18-14-19(15-7-5-4-6-8-15)23-20(22-18)16-10-12-17(21)13-11-16/h4-8,10-14H,2-3,9H2,1H3. The Morgan fingerprint density at radius 3 is 2.30 bits per heavy atom. The molecule has 0 atom stereocenters. The van der Waals surface area contributed by atoms with Crippen molar-refractivity contribution in [2.45, 2.75) is 26.2 Å². The Balaban J connectivity index is 2.06. The lowest BCUT2D eigenvalue weighted by Crippen LogP contribution is -1.98. The van der Waals surface area contributed by atoms with Gasteiger partial charge in [0.25, 0.3) is 0 Å². The Hall–Kier alpha value is -2.00. The molecule has 1 heterocycles. The lowest BCUT2D eigenvalue weighted by molar-refractivity contribution is 0.775. The van der Waals surface area contributed by atoms with Crippen molar-refractivity contribution in [3.05, 3.63) is 70.8 Å². The smallest absolute Gasteiger partial charge is 0.160 e. The zero-order valence-corrected chi connectivity index (χ0v) is 14.8. The number of aryl methyl sites for hydroxylation is 1. The zero-order chi connectivity index (χ0) is 16.1. The molecule has 0 aliphatic rings. The highest BCUT2D eigenvalue weighted by Crippen LogP contribution is 2.24. The number of halogens is 1. The molecule has 0 fully saturated rings. The second kappa shape index (κ2) is 7.51. The molecule has 0 saturated carbocycles. The van der Waals surface area contributed by atoms with Gasteiger partial charge in [-0.3, -0.25) is 0 Å². The maximum Gasteiger partial charge on any atom is 0.160 e. The number of benzene rings is 2. The van der Waals surface area contributed by atoms with Crippen LogP contribution in [0.3, 0.4) is 0 Å². The van der Waals surface area contributed by atoms with E-state index in [1.807, 2.05) is 30.3 Å². The summed E-state index contributed by atoms with van der Waals surface area (Å²) in [6, 6.07) is 20.6. The van der Waals surface area contributed by atoms with Gasteiger partial charge in [0.15, 0.2) is 5.82 Å². The molecule has 0 amide bonds. The fourth-order valence-electron chi connectivity index (χ4n) is 2.47. The number of rotatable bonds is 5. The van der Waals surface area contributed by atoms with Gasteiger partial charge in [-0.1, -0.05) is 71.7 Å². The van der Waals surface area contributed by atoms with Crippen LogP contribution in [-0.4, -0.2) is 9.97 Å². The maximum atomic E-state index is 4.79. The first-order valence-electron chi connectivity index (χ1n) is 7.95. The highest BCUT2D eigenvalue weighted by Gasteiger charge is 2.08. The molecule has 0 spiro atoms. The summed E-state index contributed by atoms with van der Waals surface area (Å²) in [5, 5.41) is 0. The number of hydrogen-bond acceptors (Lipinski definition) is 2. The quantitative estimate of drug-likeness (QED) is 0.560. The van der Waals surface area contributed by atoms with Gasteiger partial charge in [-0.05, 0) is 31.0 Å². The minimum atomic E-state index is 0.796. The van der Waals surface area contributed by atoms with Gasteiger partial charge >= 0.3 is 0 Å². The number of hydrogen-bond donors (Lipinski definition) is 0. The molecule has 2 aromatic carbocycles. The molecule has 0 saturated heterocycles. The van der Waals surface area contributed by atoms with E-state index >= 15 is 0 Å².